The summed E-state index contributed by atoms with van der Waals surface area (Å²) in [5.74, 6) is 2.30. The number of pyridine rings is 1. The molecule has 1 aromatic heterocycles. The van der Waals surface area contributed by atoms with E-state index >= 15 is 0 Å². The van der Waals surface area contributed by atoms with E-state index < -0.39 is 15.2 Å². The zero-order valence-electron chi connectivity index (χ0n) is 12.6. The molecule has 2 rings (SSSR count). The van der Waals surface area contributed by atoms with E-state index in [0.29, 0.717) is 5.75 Å². The summed E-state index contributed by atoms with van der Waals surface area (Å²) in [6.45, 7) is 4.64. The average molecular weight is 329 g/mol. The number of aromatic nitrogens is 1. The second-order valence-corrected chi connectivity index (χ2v) is 8.61. The lowest BCUT2D eigenvalue weighted by molar-refractivity contribution is 0.583. The highest BCUT2D eigenvalue weighted by molar-refractivity contribution is 8.01. The number of rotatable bonds is 6. The Hall–Kier alpha value is -0.790. The SMILES string of the molecule is CCCNCc1ccc(N2CCSCC2S(C)(=O)=O)nc1. The van der Waals surface area contributed by atoms with Crippen molar-refractivity contribution in [2.24, 2.45) is 0 Å². The Bertz CT molecular complexity index is 546. The molecule has 0 radical (unpaired) electrons. The number of thioether (sulfide) groups is 1. The van der Waals surface area contributed by atoms with Gasteiger partial charge in [0, 0.05) is 37.0 Å². The molecule has 0 saturated carbocycles. The van der Waals surface area contributed by atoms with Gasteiger partial charge in [-0.1, -0.05) is 13.0 Å². The van der Waals surface area contributed by atoms with E-state index in [0.717, 1.165) is 43.2 Å². The predicted octanol–water partition coefficient (Wildman–Crippen LogP) is 1.51. The van der Waals surface area contributed by atoms with E-state index in [4.69, 9.17) is 0 Å². The van der Waals surface area contributed by atoms with Crippen molar-refractivity contribution in [3.63, 3.8) is 0 Å². The van der Waals surface area contributed by atoms with Gasteiger partial charge < -0.3 is 10.2 Å². The van der Waals surface area contributed by atoms with Gasteiger partial charge in [-0.15, -0.1) is 0 Å². The monoisotopic (exact) mass is 329 g/mol. The molecule has 2 heterocycles. The molecule has 1 aliphatic heterocycles. The zero-order chi connectivity index (χ0) is 15.3. The molecule has 118 valence electrons. The summed E-state index contributed by atoms with van der Waals surface area (Å²) in [6, 6.07) is 3.95. The van der Waals surface area contributed by atoms with Gasteiger partial charge in [-0.05, 0) is 24.6 Å². The van der Waals surface area contributed by atoms with Gasteiger partial charge in [0.1, 0.15) is 11.2 Å². The molecule has 0 aromatic carbocycles. The van der Waals surface area contributed by atoms with E-state index in [2.05, 4.69) is 17.2 Å². The van der Waals surface area contributed by atoms with Gasteiger partial charge in [0.25, 0.3) is 0 Å². The van der Waals surface area contributed by atoms with Crippen LogP contribution >= 0.6 is 11.8 Å². The van der Waals surface area contributed by atoms with Gasteiger partial charge in [0.15, 0.2) is 9.84 Å². The second kappa shape index (κ2) is 7.47. The standard InChI is InChI=1S/C14H23N3O2S2/c1-3-6-15-9-12-4-5-13(16-10-12)17-7-8-20-11-14(17)21(2,18)19/h4-5,10,14-15H,3,6-9,11H2,1-2H3. The molecule has 21 heavy (non-hydrogen) atoms. The van der Waals surface area contributed by atoms with Crippen LogP contribution in [0.1, 0.15) is 18.9 Å². The van der Waals surface area contributed by atoms with E-state index in [-0.39, 0.29) is 0 Å². The summed E-state index contributed by atoms with van der Waals surface area (Å²) in [6.07, 6.45) is 4.24. The maximum absolute atomic E-state index is 11.9. The Balaban J connectivity index is 2.09. The highest BCUT2D eigenvalue weighted by Gasteiger charge is 2.31. The molecular formula is C14H23N3O2S2. The molecular weight excluding hydrogens is 306 g/mol. The molecule has 0 spiro atoms. The predicted molar refractivity (Wildman–Crippen MR) is 89.5 cm³/mol. The summed E-state index contributed by atoms with van der Waals surface area (Å²) in [5.41, 5.74) is 1.12. The number of sulfone groups is 1. The summed E-state index contributed by atoms with van der Waals surface area (Å²) < 4.78 is 23.8. The number of hydrogen-bond acceptors (Lipinski definition) is 6. The average Bonchev–Trinajstić information content (AvgIpc) is 2.47. The lowest BCUT2D eigenvalue weighted by atomic mass is 10.2. The van der Waals surface area contributed by atoms with Crippen LogP contribution in [0.4, 0.5) is 5.82 Å². The molecule has 1 aromatic rings. The van der Waals surface area contributed by atoms with Crippen molar-refractivity contribution >= 4 is 27.4 Å². The van der Waals surface area contributed by atoms with Crippen molar-refractivity contribution in [1.29, 1.82) is 0 Å². The van der Waals surface area contributed by atoms with Crippen LogP contribution in [0.5, 0.6) is 0 Å². The van der Waals surface area contributed by atoms with Crippen molar-refractivity contribution in [2.45, 2.75) is 25.3 Å². The van der Waals surface area contributed by atoms with Crippen LogP contribution in [0, 0.1) is 0 Å². The largest absolute Gasteiger partial charge is 0.338 e. The topological polar surface area (TPSA) is 62.3 Å². The fraction of sp³-hybridized carbons (Fsp3) is 0.643. The maximum atomic E-state index is 11.9. The van der Waals surface area contributed by atoms with Gasteiger partial charge in [0.2, 0.25) is 0 Å². The second-order valence-electron chi connectivity index (χ2n) is 5.25. The number of anilines is 1. The Labute approximate surface area is 131 Å². The van der Waals surface area contributed by atoms with Gasteiger partial charge in [-0.25, -0.2) is 13.4 Å². The maximum Gasteiger partial charge on any atom is 0.169 e. The third kappa shape index (κ3) is 4.59. The minimum atomic E-state index is -3.10. The number of nitrogens with zero attached hydrogens (tertiary/aromatic N) is 2. The van der Waals surface area contributed by atoms with Crippen molar-refractivity contribution in [1.82, 2.24) is 10.3 Å². The van der Waals surface area contributed by atoms with Crippen LogP contribution < -0.4 is 10.2 Å². The zero-order valence-corrected chi connectivity index (χ0v) is 14.2. The Morgan fingerprint density at radius 3 is 2.90 bits per heavy atom. The van der Waals surface area contributed by atoms with E-state index in [1.807, 2.05) is 23.2 Å². The summed E-state index contributed by atoms with van der Waals surface area (Å²) >= 11 is 1.69. The first kappa shape index (κ1) is 16.6. The molecule has 7 heteroatoms. The van der Waals surface area contributed by atoms with Crippen LogP contribution in [0.2, 0.25) is 0 Å². The Kier molecular flexibility index (Phi) is 5.89. The summed E-state index contributed by atoms with van der Waals surface area (Å²) in [5, 5.41) is 2.87. The first-order chi connectivity index (χ1) is 10.0. The lowest BCUT2D eigenvalue weighted by Crippen LogP contribution is -2.47. The molecule has 0 aliphatic carbocycles. The molecule has 1 unspecified atom stereocenters. The molecule has 0 bridgehead atoms. The highest BCUT2D eigenvalue weighted by Crippen LogP contribution is 2.25. The minimum Gasteiger partial charge on any atom is -0.338 e. The lowest BCUT2D eigenvalue weighted by Gasteiger charge is -2.34. The van der Waals surface area contributed by atoms with Gasteiger partial charge >= 0.3 is 0 Å². The fourth-order valence-corrected chi connectivity index (χ4v) is 5.13. The van der Waals surface area contributed by atoms with Crippen molar-refractivity contribution < 1.29 is 8.42 Å². The van der Waals surface area contributed by atoms with Crippen molar-refractivity contribution in [3.05, 3.63) is 23.9 Å². The first-order valence-electron chi connectivity index (χ1n) is 7.21. The van der Waals surface area contributed by atoms with E-state index in [1.165, 1.54) is 6.26 Å². The first-order valence-corrected chi connectivity index (χ1v) is 10.3. The summed E-state index contributed by atoms with van der Waals surface area (Å²) in [7, 11) is -3.10. The Morgan fingerprint density at radius 2 is 2.29 bits per heavy atom. The van der Waals surface area contributed by atoms with Gasteiger partial charge in [-0.3, -0.25) is 0 Å². The van der Waals surface area contributed by atoms with Crippen molar-refractivity contribution in [2.75, 3.05) is 35.8 Å². The van der Waals surface area contributed by atoms with Crippen LogP contribution in [0.3, 0.4) is 0 Å². The third-order valence-electron chi connectivity index (χ3n) is 3.44. The van der Waals surface area contributed by atoms with Gasteiger partial charge in [-0.2, -0.15) is 11.8 Å². The van der Waals surface area contributed by atoms with Crippen molar-refractivity contribution in [3.8, 4) is 0 Å². The third-order valence-corrected chi connectivity index (χ3v) is 6.08. The van der Waals surface area contributed by atoms with Crippen LogP contribution in [-0.4, -0.2) is 49.6 Å². The normalized spacial score (nSPS) is 19.7. The number of nitrogens with one attached hydrogen (secondary N) is 1. The molecule has 1 aliphatic rings. The molecule has 0 amide bonds. The Morgan fingerprint density at radius 1 is 1.48 bits per heavy atom. The minimum absolute atomic E-state index is 0.465. The molecule has 1 fully saturated rings. The van der Waals surface area contributed by atoms with Crippen LogP contribution in [0.15, 0.2) is 18.3 Å². The molecule has 1 N–H and O–H groups in total. The highest BCUT2D eigenvalue weighted by atomic mass is 32.2. The number of hydrogen-bond donors (Lipinski definition) is 1. The smallest absolute Gasteiger partial charge is 0.169 e. The van der Waals surface area contributed by atoms with E-state index in [1.54, 1.807) is 11.8 Å². The quantitative estimate of drug-likeness (QED) is 0.798. The van der Waals surface area contributed by atoms with E-state index in [9.17, 15) is 8.42 Å². The summed E-state index contributed by atoms with van der Waals surface area (Å²) in [4.78, 5) is 6.37. The molecule has 5 nitrogen and oxygen atoms in total. The molecule has 1 saturated heterocycles. The van der Waals surface area contributed by atoms with Crippen LogP contribution in [-0.2, 0) is 16.4 Å². The fourth-order valence-electron chi connectivity index (χ4n) is 2.30. The van der Waals surface area contributed by atoms with Gasteiger partial charge in [0.05, 0.1) is 0 Å². The van der Waals surface area contributed by atoms with Crippen LogP contribution in [0.25, 0.3) is 0 Å². The molecule has 1 atom stereocenters.